The minimum atomic E-state index is 0.541. The van der Waals surface area contributed by atoms with Crippen LogP contribution in [0, 0.1) is 0 Å². The van der Waals surface area contributed by atoms with E-state index in [4.69, 9.17) is 11.6 Å². The molecule has 2 aromatic rings. The van der Waals surface area contributed by atoms with Gasteiger partial charge in [-0.15, -0.1) is 16.7 Å². The van der Waals surface area contributed by atoms with Crippen molar-refractivity contribution in [2.75, 3.05) is 0 Å². The second-order valence-corrected chi connectivity index (χ2v) is 5.45. The summed E-state index contributed by atoms with van der Waals surface area (Å²) in [4.78, 5) is 5.46. The molecule has 0 saturated heterocycles. The van der Waals surface area contributed by atoms with Crippen LogP contribution in [0.15, 0.2) is 35.5 Å². The number of nitrogens with zero attached hydrogens (tertiary/aromatic N) is 3. The first-order valence-electron chi connectivity index (χ1n) is 5.60. The first-order chi connectivity index (χ1) is 8.35. The number of halogens is 1. The molecular weight excluding hydrogens is 254 g/mol. The zero-order valence-corrected chi connectivity index (χ0v) is 10.8. The fourth-order valence-corrected chi connectivity index (χ4v) is 2.57. The van der Waals surface area contributed by atoms with Gasteiger partial charge >= 0.3 is 0 Å². The van der Waals surface area contributed by atoms with Crippen LogP contribution in [0.25, 0.3) is 0 Å². The van der Waals surface area contributed by atoms with E-state index in [0.717, 1.165) is 16.3 Å². The van der Waals surface area contributed by atoms with E-state index < -0.39 is 0 Å². The highest BCUT2D eigenvalue weighted by Crippen LogP contribution is 2.38. The monoisotopic (exact) mass is 265 g/mol. The van der Waals surface area contributed by atoms with Crippen molar-refractivity contribution in [3.8, 4) is 0 Å². The van der Waals surface area contributed by atoms with Crippen LogP contribution < -0.4 is 0 Å². The molecule has 0 unspecified atom stereocenters. The minimum Gasteiger partial charge on any atom is -0.219 e. The minimum absolute atomic E-state index is 0.541. The highest BCUT2D eigenvalue weighted by atomic mass is 35.5. The maximum absolute atomic E-state index is 5.81. The molecule has 1 aliphatic carbocycles. The van der Waals surface area contributed by atoms with Crippen molar-refractivity contribution in [3.63, 3.8) is 0 Å². The van der Waals surface area contributed by atoms with E-state index in [0.29, 0.717) is 11.8 Å². The molecular formula is C12H12ClN3S. The van der Waals surface area contributed by atoms with Gasteiger partial charge in [0.2, 0.25) is 0 Å². The van der Waals surface area contributed by atoms with Crippen molar-refractivity contribution in [3.05, 3.63) is 42.0 Å². The number of aromatic nitrogens is 3. The Morgan fingerprint density at radius 3 is 3.06 bits per heavy atom. The molecule has 0 aliphatic heterocycles. The summed E-state index contributed by atoms with van der Waals surface area (Å²) in [6.45, 7) is 0. The summed E-state index contributed by atoms with van der Waals surface area (Å²) in [6.07, 6.45) is 4.25. The number of hydrogen-bond acceptors (Lipinski definition) is 3. The van der Waals surface area contributed by atoms with Crippen molar-refractivity contribution in [1.29, 1.82) is 0 Å². The molecule has 5 heteroatoms. The quantitative estimate of drug-likeness (QED) is 0.794. The van der Waals surface area contributed by atoms with Crippen molar-refractivity contribution >= 4 is 23.5 Å². The molecule has 0 radical (unpaired) electrons. The van der Waals surface area contributed by atoms with Gasteiger partial charge in [0.15, 0.2) is 5.82 Å². The van der Waals surface area contributed by atoms with Crippen molar-refractivity contribution in [1.82, 2.24) is 14.2 Å². The predicted octanol–water partition coefficient (Wildman–Crippen LogP) is 3.45. The van der Waals surface area contributed by atoms with Crippen LogP contribution in [0.4, 0.5) is 0 Å². The van der Waals surface area contributed by atoms with E-state index in [2.05, 4.69) is 22.2 Å². The predicted molar refractivity (Wildman–Crippen MR) is 69.3 cm³/mol. The molecule has 1 saturated carbocycles. The largest absolute Gasteiger partial charge is 0.219 e. The van der Waals surface area contributed by atoms with Crippen LogP contribution in [0.1, 0.15) is 30.1 Å². The van der Waals surface area contributed by atoms with Gasteiger partial charge in [0, 0.05) is 28.6 Å². The Morgan fingerprint density at radius 2 is 2.29 bits per heavy atom. The van der Waals surface area contributed by atoms with Gasteiger partial charge in [-0.25, -0.2) is 4.98 Å². The highest BCUT2D eigenvalue weighted by molar-refractivity contribution is 7.97. The van der Waals surface area contributed by atoms with E-state index in [1.165, 1.54) is 12.8 Å². The topological polar surface area (TPSA) is 30.7 Å². The van der Waals surface area contributed by atoms with Gasteiger partial charge in [0.05, 0.1) is 0 Å². The third-order valence-electron chi connectivity index (χ3n) is 2.68. The molecule has 1 aliphatic rings. The second-order valence-electron chi connectivity index (χ2n) is 4.15. The van der Waals surface area contributed by atoms with Crippen molar-refractivity contribution < 1.29 is 0 Å². The second kappa shape index (κ2) is 4.70. The summed E-state index contributed by atoms with van der Waals surface area (Å²) < 4.78 is 1.82. The number of benzene rings is 1. The zero-order chi connectivity index (χ0) is 11.7. The van der Waals surface area contributed by atoms with Gasteiger partial charge < -0.3 is 0 Å². The lowest BCUT2D eigenvalue weighted by Gasteiger charge is -2.01. The smallest absolute Gasteiger partial charge is 0.154 e. The van der Waals surface area contributed by atoms with Gasteiger partial charge in [-0.1, -0.05) is 12.1 Å². The third-order valence-corrected chi connectivity index (χ3v) is 3.82. The molecule has 0 atom stereocenters. The summed E-state index contributed by atoms with van der Waals surface area (Å²) in [5, 5.41) is 4.46. The Morgan fingerprint density at radius 1 is 1.41 bits per heavy atom. The Kier molecular flexibility index (Phi) is 3.07. The van der Waals surface area contributed by atoms with E-state index >= 15 is 0 Å². The molecule has 0 spiro atoms. The molecule has 0 bridgehead atoms. The fraction of sp³-hybridized carbons (Fsp3) is 0.333. The van der Waals surface area contributed by atoms with E-state index in [1.54, 1.807) is 18.3 Å². The summed E-state index contributed by atoms with van der Waals surface area (Å²) in [5.74, 6) is 2.12. The van der Waals surface area contributed by atoms with Crippen LogP contribution in [0.3, 0.4) is 0 Å². The fourth-order valence-electron chi connectivity index (χ4n) is 1.63. The van der Waals surface area contributed by atoms with E-state index in [1.807, 2.05) is 16.2 Å². The lowest BCUT2D eigenvalue weighted by molar-refractivity contribution is 0.907. The normalized spacial score (nSPS) is 15.1. The van der Waals surface area contributed by atoms with Gasteiger partial charge in [0.1, 0.15) is 6.33 Å². The summed E-state index contributed by atoms with van der Waals surface area (Å²) in [6, 6.07) is 8.17. The third kappa shape index (κ3) is 2.64. The molecule has 1 aromatic carbocycles. The van der Waals surface area contributed by atoms with E-state index in [9.17, 15) is 0 Å². The summed E-state index contributed by atoms with van der Waals surface area (Å²) >= 11 is 7.38. The van der Waals surface area contributed by atoms with Gasteiger partial charge in [-0.05, 0) is 30.5 Å². The number of alkyl halides is 1. The molecule has 1 heterocycles. The molecule has 88 valence electrons. The summed E-state index contributed by atoms with van der Waals surface area (Å²) in [7, 11) is 0. The standard InChI is InChI=1S/C12H12ClN3S/c13-7-9-2-1-3-11(6-9)17-16-8-14-12(15-16)10-4-5-10/h1-3,6,8,10H,4-5,7H2. The molecule has 1 fully saturated rings. The first kappa shape index (κ1) is 11.1. The number of rotatable bonds is 4. The van der Waals surface area contributed by atoms with Crippen LogP contribution in [-0.2, 0) is 5.88 Å². The van der Waals surface area contributed by atoms with Crippen molar-refractivity contribution in [2.45, 2.75) is 29.5 Å². The van der Waals surface area contributed by atoms with Gasteiger partial charge in [-0.3, -0.25) is 0 Å². The maximum Gasteiger partial charge on any atom is 0.154 e. The lowest BCUT2D eigenvalue weighted by Crippen LogP contribution is -1.90. The molecule has 3 nitrogen and oxygen atoms in total. The SMILES string of the molecule is ClCc1cccc(Sn2cnc(C3CC3)n2)c1. The molecule has 0 amide bonds. The Balaban J connectivity index is 1.75. The average Bonchev–Trinajstić information content (AvgIpc) is 3.11. The van der Waals surface area contributed by atoms with Gasteiger partial charge in [0.25, 0.3) is 0 Å². The Bertz CT molecular complexity index is 522. The molecule has 3 rings (SSSR count). The van der Waals surface area contributed by atoms with Crippen molar-refractivity contribution in [2.24, 2.45) is 0 Å². The average molecular weight is 266 g/mol. The zero-order valence-electron chi connectivity index (χ0n) is 9.21. The maximum atomic E-state index is 5.81. The molecule has 17 heavy (non-hydrogen) atoms. The number of hydrogen-bond donors (Lipinski definition) is 0. The van der Waals surface area contributed by atoms with Gasteiger partial charge in [-0.2, -0.15) is 4.09 Å². The van der Waals surface area contributed by atoms with Crippen LogP contribution in [-0.4, -0.2) is 14.2 Å². The Labute approximate surface area is 109 Å². The lowest BCUT2D eigenvalue weighted by atomic mass is 10.2. The Hall–Kier alpha value is -1.00. The summed E-state index contributed by atoms with van der Waals surface area (Å²) in [5.41, 5.74) is 1.12. The molecule has 0 N–H and O–H groups in total. The molecule has 1 aromatic heterocycles. The van der Waals surface area contributed by atoms with E-state index in [-0.39, 0.29) is 0 Å². The van der Waals surface area contributed by atoms with Crippen LogP contribution >= 0.6 is 23.5 Å². The highest BCUT2D eigenvalue weighted by Gasteiger charge is 2.27. The van der Waals surface area contributed by atoms with Crippen LogP contribution in [0.5, 0.6) is 0 Å². The first-order valence-corrected chi connectivity index (χ1v) is 6.91. The van der Waals surface area contributed by atoms with Crippen LogP contribution in [0.2, 0.25) is 0 Å².